The van der Waals surface area contributed by atoms with Crippen molar-refractivity contribution in [2.75, 3.05) is 7.11 Å². The molecule has 0 amide bonds. The van der Waals surface area contributed by atoms with E-state index in [-0.39, 0.29) is 0 Å². The lowest BCUT2D eigenvalue weighted by Crippen LogP contribution is -1.81. The number of hydrogen-bond donors (Lipinski definition) is 0. The van der Waals surface area contributed by atoms with Crippen molar-refractivity contribution < 1.29 is 4.74 Å². The van der Waals surface area contributed by atoms with E-state index in [0.717, 1.165) is 35.8 Å². The average molecular weight is 451 g/mol. The van der Waals surface area contributed by atoms with Crippen LogP contribution in [0.3, 0.4) is 0 Å². The van der Waals surface area contributed by atoms with Gasteiger partial charge in [0.05, 0.1) is 16.6 Å². The van der Waals surface area contributed by atoms with Gasteiger partial charge in [-0.2, -0.15) is 0 Å². The molecule has 2 nitrogen and oxygen atoms in total. The Morgan fingerprint density at radius 1 is 0.957 bits per heavy atom. The van der Waals surface area contributed by atoms with Gasteiger partial charge in [0.25, 0.3) is 0 Å². The number of benzene rings is 2. The molecule has 0 aliphatic carbocycles. The third-order valence-electron chi connectivity index (χ3n) is 3.25. The molecule has 5 heteroatoms. The van der Waals surface area contributed by atoms with Gasteiger partial charge < -0.3 is 4.74 Å². The monoisotopic (exact) mass is 449 g/mol. The Kier molecular flexibility index (Phi) is 5.30. The summed E-state index contributed by atoms with van der Waals surface area (Å²) in [6.07, 6.45) is 4.08. The molecule has 0 saturated heterocycles. The van der Waals surface area contributed by atoms with E-state index in [1.54, 1.807) is 18.4 Å². The Hall–Kier alpha value is -1.43. The number of thiazole rings is 1. The SMILES string of the molecule is COc1ccc(/C=C/c2nc(-c3ccc(Br)cc3)c(Br)s2)cc1. The molecule has 0 bridgehead atoms. The molecule has 1 aromatic heterocycles. The predicted molar refractivity (Wildman–Crippen MR) is 105 cm³/mol. The molecule has 0 radical (unpaired) electrons. The van der Waals surface area contributed by atoms with Crippen molar-refractivity contribution in [3.63, 3.8) is 0 Å². The lowest BCUT2D eigenvalue weighted by Gasteiger charge is -1.98. The van der Waals surface area contributed by atoms with Crippen LogP contribution in [0.25, 0.3) is 23.4 Å². The molecule has 0 spiro atoms. The zero-order valence-corrected chi connectivity index (χ0v) is 16.3. The van der Waals surface area contributed by atoms with Crippen LogP contribution in [0, 0.1) is 0 Å². The maximum Gasteiger partial charge on any atom is 0.118 e. The van der Waals surface area contributed by atoms with Crippen LogP contribution in [0.1, 0.15) is 10.6 Å². The zero-order chi connectivity index (χ0) is 16.2. The Morgan fingerprint density at radius 2 is 1.65 bits per heavy atom. The summed E-state index contributed by atoms with van der Waals surface area (Å²) >= 11 is 8.69. The highest BCUT2D eigenvalue weighted by molar-refractivity contribution is 9.11. The standard InChI is InChI=1S/C18H13Br2NOS/c1-22-15-9-2-12(3-10-15)4-11-16-21-17(18(20)23-16)13-5-7-14(19)8-6-13/h2-11H,1H3/b11-4+. The van der Waals surface area contributed by atoms with Gasteiger partial charge in [0.1, 0.15) is 10.8 Å². The maximum absolute atomic E-state index is 5.16. The number of aromatic nitrogens is 1. The maximum atomic E-state index is 5.16. The van der Waals surface area contributed by atoms with Crippen molar-refractivity contribution in [3.05, 3.63) is 67.4 Å². The number of ether oxygens (including phenoxy) is 1. The summed E-state index contributed by atoms with van der Waals surface area (Å²) in [7, 11) is 1.67. The fraction of sp³-hybridized carbons (Fsp3) is 0.0556. The van der Waals surface area contributed by atoms with Crippen LogP contribution in [0.5, 0.6) is 5.75 Å². The lowest BCUT2D eigenvalue weighted by atomic mass is 10.2. The molecule has 0 N–H and O–H groups in total. The first-order chi connectivity index (χ1) is 11.2. The van der Waals surface area contributed by atoms with Gasteiger partial charge in [-0.1, -0.05) is 46.3 Å². The topological polar surface area (TPSA) is 22.1 Å². The Morgan fingerprint density at radius 3 is 2.30 bits per heavy atom. The van der Waals surface area contributed by atoms with Crippen LogP contribution >= 0.6 is 43.2 Å². The van der Waals surface area contributed by atoms with Crippen molar-refractivity contribution in [3.8, 4) is 17.0 Å². The van der Waals surface area contributed by atoms with E-state index < -0.39 is 0 Å². The first-order valence-corrected chi connectivity index (χ1v) is 9.30. The van der Waals surface area contributed by atoms with Crippen molar-refractivity contribution in [1.82, 2.24) is 4.98 Å². The van der Waals surface area contributed by atoms with Gasteiger partial charge in [0.2, 0.25) is 0 Å². The smallest absolute Gasteiger partial charge is 0.118 e. The van der Waals surface area contributed by atoms with Gasteiger partial charge in [-0.15, -0.1) is 11.3 Å². The van der Waals surface area contributed by atoms with Crippen LogP contribution in [0.4, 0.5) is 0 Å². The Bertz CT molecular complexity index is 823. The second-order valence-electron chi connectivity index (χ2n) is 4.79. The highest BCUT2D eigenvalue weighted by atomic mass is 79.9. The first kappa shape index (κ1) is 16.4. The third-order valence-corrected chi connectivity index (χ3v) is 5.45. The van der Waals surface area contributed by atoms with Crippen LogP contribution in [0.15, 0.2) is 56.8 Å². The van der Waals surface area contributed by atoms with E-state index in [9.17, 15) is 0 Å². The van der Waals surface area contributed by atoms with Gasteiger partial charge in [0, 0.05) is 10.0 Å². The summed E-state index contributed by atoms with van der Waals surface area (Å²) in [6.45, 7) is 0. The summed E-state index contributed by atoms with van der Waals surface area (Å²) in [5, 5.41) is 0.964. The van der Waals surface area contributed by atoms with E-state index in [1.165, 1.54) is 0 Å². The van der Waals surface area contributed by atoms with Crippen molar-refractivity contribution in [2.24, 2.45) is 0 Å². The summed E-state index contributed by atoms with van der Waals surface area (Å²) in [5.74, 6) is 0.858. The molecule has 3 aromatic rings. The van der Waals surface area contributed by atoms with Gasteiger partial charge >= 0.3 is 0 Å². The minimum absolute atomic E-state index is 0.858. The van der Waals surface area contributed by atoms with Crippen molar-refractivity contribution >= 4 is 55.3 Å². The molecule has 0 saturated carbocycles. The molecular weight excluding hydrogens is 438 g/mol. The molecule has 0 atom stereocenters. The molecule has 2 aromatic carbocycles. The van der Waals surface area contributed by atoms with Gasteiger partial charge in [-0.25, -0.2) is 4.98 Å². The minimum Gasteiger partial charge on any atom is -0.497 e. The lowest BCUT2D eigenvalue weighted by molar-refractivity contribution is 0.415. The number of nitrogens with zero attached hydrogens (tertiary/aromatic N) is 1. The zero-order valence-electron chi connectivity index (χ0n) is 12.3. The van der Waals surface area contributed by atoms with Crippen molar-refractivity contribution in [2.45, 2.75) is 0 Å². The van der Waals surface area contributed by atoms with Crippen LogP contribution in [0.2, 0.25) is 0 Å². The summed E-state index contributed by atoms with van der Waals surface area (Å²) in [5.41, 5.74) is 3.18. The van der Waals surface area contributed by atoms with E-state index in [4.69, 9.17) is 9.72 Å². The van der Waals surface area contributed by atoms with Crippen LogP contribution in [-0.4, -0.2) is 12.1 Å². The van der Waals surface area contributed by atoms with Crippen molar-refractivity contribution in [1.29, 1.82) is 0 Å². The third kappa shape index (κ3) is 4.10. The first-order valence-electron chi connectivity index (χ1n) is 6.90. The van der Waals surface area contributed by atoms with E-state index in [1.807, 2.05) is 42.5 Å². The van der Waals surface area contributed by atoms with E-state index in [0.29, 0.717) is 0 Å². The molecule has 1 heterocycles. The highest BCUT2D eigenvalue weighted by Gasteiger charge is 2.09. The van der Waals surface area contributed by atoms with Gasteiger partial charge in [-0.3, -0.25) is 0 Å². The number of hydrogen-bond acceptors (Lipinski definition) is 3. The summed E-state index contributed by atoms with van der Waals surface area (Å²) in [4.78, 5) is 4.70. The quantitative estimate of drug-likeness (QED) is 0.451. The average Bonchev–Trinajstić information content (AvgIpc) is 2.95. The molecule has 23 heavy (non-hydrogen) atoms. The molecular formula is C18H13Br2NOS. The fourth-order valence-electron chi connectivity index (χ4n) is 2.06. The number of rotatable bonds is 4. The van der Waals surface area contributed by atoms with Crippen LogP contribution < -0.4 is 4.74 Å². The number of methoxy groups -OCH3 is 1. The molecule has 0 unspecified atom stereocenters. The second-order valence-corrected chi connectivity index (χ2v) is 8.05. The predicted octanol–water partition coefficient (Wildman–Crippen LogP) is 6.51. The Labute approximate surface area is 156 Å². The summed E-state index contributed by atoms with van der Waals surface area (Å²) in [6, 6.07) is 16.1. The minimum atomic E-state index is 0.858. The van der Waals surface area contributed by atoms with Gasteiger partial charge in [0.15, 0.2) is 0 Å². The molecule has 0 aliphatic heterocycles. The normalized spacial score (nSPS) is 11.1. The van der Waals surface area contributed by atoms with Crippen LogP contribution in [-0.2, 0) is 0 Å². The largest absolute Gasteiger partial charge is 0.497 e. The van der Waals surface area contributed by atoms with E-state index in [2.05, 4.69) is 50.1 Å². The van der Waals surface area contributed by atoms with Gasteiger partial charge in [-0.05, 0) is 51.8 Å². The fourth-order valence-corrected chi connectivity index (χ4v) is 3.85. The van der Waals surface area contributed by atoms with E-state index >= 15 is 0 Å². The molecule has 116 valence electrons. The highest BCUT2D eigenvalue weighted by Crippen LogP contribution is 2.34. The Balaban J connectivity index is 1.82. The molecule has 0 aliphatic rings. The summed E-state index contributed by atoms with van der Waals surface area (Å²) < 4.78 is 7.26. The molecule has 3 rings (SSSR count). The molecule has 0 fully saturated rings. The number of halogens is 2. The second kappa shape index (κ2) is 7.43.